The number of hydrogen-bond acceptors (Lipinski definition) is 3. The fraction of sp³-hybridized carbons (Fsp3) is 0.889. The molecule has 1 saturated heterocycles. The molecule has 0 atom stereocenters. The number of ether oxygens (including phenoxy) is 1. The zero-order valence-corrected chi connectivity index (χ0v) is 9.59. The van der Waals surface area contributed by atoms with Crippen LogP contribution < -0.4 is 5.73 Å². The van der Waals surface area contributed by atoms with E-state index in [1.54, 1.807) is 0 Å². The van der Waals surface area contributed by atoms with Crippen molar-refractivity contribution in [3.8, 4) is 0 Å². The summed E-state index contributed by atoms with van der Waals surface area (Å²) in [5, 5.41) is 0. The Balaban J connectivity index is 2.67. The molecule has 1 heterocycles. The van der Waals surface area contributed by atoms with Crippen LogP contribution in [-0.4, -0.2) is 48.6 Å². The summed E-state index contributed by atoms with van der Waals surface area (Å²) >= 11 is 0. The molecular weight excluding hydrogens is 282 g/mol. The minimum absolute atomic E-state index is 0.0254. The normalized spacial score (nSPS) is 18.8. The molecule has 0 aromatic carbocycles. The molecule has 0 bridgehead atoms. The fourth-order valence-electron chi connectivity index (χ4n) is 1.58. The third kappa shape index (κ3) is 4.44. The molecule has 1 rings (SSSR count). The Labute approximate surface area is 104 Å². The fourth-order valence-corrected chi connectivity index (χ4v) is 1.58. The molecule has 1 aliphatic heterocycles. The monoisotopic (exact) mass is 294 g/mol. The third-order valence-electron chi connectivity index (χ3n) is 2.61. The second-order valence-corrected chi connectivity index (χ2v) is 4.17. The van der Waals surface area contributed by atoms with Gasteiger partial charge in [-0.3, -0.25) is 0 Å². The largest absolute Gasteiger partial charge is 0.434 e. The summed E-state index contributed by atoms with van der Waals surface area (Å²) in [6.45, 7) is -0.0507. The summed E-state index contributed by atoms with van der Waals surface area (Å²) in [4.78, 5) is 12.1. The van der Waals surface area contributed by atoms with Crippen LogP contribution in [0.2, 0.25) is 0 Å². The van der Waals surface area contributed by atoms with E-state index in [1.807, 2.05) is 0 Å². The maximum Gasteiger partial charge on any atom is 0.434 e. The maximum atomic E-state index is 12.2. The van der Waals surface area contributed by atoms with Crippen molar-refractivity contribution in [3.05, 3.63) is 0 Å². The molecule has 10 heteroatoms. The van der Waals surface area contributed by atoms with Gasteiger partial charge < -0.3 is 15.4 Å². The summed E-state index contributed by atoms with van der Waals surface area (Å²) in [6, 6.07) is -0.218. The number of nitrogens with zero attached hydrogens (tertiary/aromatic N) is 1. The first-order chi connectivity index (χ1) is 8.51. The first kappa shape index (κ1) is 15.9. The molecule has 4 nitrogen and oxygen atoms in total. The van der Waals surface area contributed by atoms with Gasteiger partial charge in [0.1, 0.15) is 0 Å². The number of halogens is 6. The highest BCUT2D eigenvalue weighted by Crippen LogP contribution is 2.36. The molecule has 0 aromatic heterocycles. The van der Waals surface area contributed by atoms with Crippen LogP contribution in [0.1, 0.15) is 12.8 Å². The van der Waals surface area contributed by atoms with E-state index in [0.29, 0.717) is 12.8 Å². The van der Waals surface area contributed by atoms with Crippen molar-refractivity contribution in [1.29, 1.82) is 0 Å². The molecule has 0 saturated carbocycles. The minimum Gasteiger partial charge on any atom is -0.426 e. The van der Waals surface area contributed by atoms with E-state index in [4.69, 9.17) is 5.73 Å². The third-order valence-corrected chi connectivity index (χ3v) is 2.61. The van der Waals surface area contributed by atoms with E-state index >= 15 is 0 Å². The van der Waals surface area contributed by atoms with Gasteiger partial charge in [-0.2, -0.15) is 26.3 Å². The number of likely N-dealkylation sites (tertiary alicyclic amines) is 1. The van der Waals surface area contributed by atoms with Gasteiger partial charge in [0.05, 0.1) is 0 Å². The van der Waals surface area contributed by atoms with Crippen LogP contribution in [0, 0.1) is 0 Å². The number of rotatable bonds is 1. The predicted molar refractivity (Wildman–Crippen MR) is 51.2 cm³/mol. The standard InChI is InChI=1S/C9H12F6N2O2/c10-8(11,12)6(9(13,14)15)19-7(18)17-3-1-5(16)2-4-17/h5-6H,1-4,16H2. The Bertz CT molecular complexity index is 308. The molecule has 0 unspecified atom stereocenters. The Morgan fingerprint density at radius 1 is 1.11 bits per heavy atom. The lowest BCUT2D eigenvalue weighted by Crippen LogP contribution is -2.50. The van der Waals surface area contributed by atoms with E-state index in [1.165, 1.54) is 0 Å². The van der Waals surface area contributed by atoms with Gasteiger partial charge in [0.25, 0.3) is 6.10 Å². The van der Waals surface area contributed by atoms with E-state index in [9.17, 15) is 31.1 Å². The van der Waals surface area contributed by atoms with E-state index in [0.717, 1.165) is 4.90 Å². The lowest BCUT2D eigenvalue weighted by molar-refractivity contribution is -0.308. The Morgan fingerprint density at radius 3 is 1.89 bits per heavy atom. The molecule has 19 heavy (non-hydrogen) atoms. The first-order valence-electron chi connectivity index (χ1n) is 5.36. The average Bonchev–Trinajstić information content (AvgIpc) is 2.23. The number of amides is 1. The van der Waals surface area contributed by atoms with Gasteiger partial charge in [0, 0.05) is 19.1 Å². The van der Waals surface area contributed by atoms with Gasteiger partial charge in [-0.15, -0.1) is 0 Å². The zero-order chi connectivity index (χ0) is 14.8. The van der Waals surface area contributed by atoms with Crippen molar-refractivity contribution in [2.75, 3.05) is 13.1 Å². The van der Waals surface area contributed by atoms with Crippen LogP contribution in [-0.2, 0) is 4.74 Å². The summed E-state index contributed by atoms with van der Waals surface area (Å²) in [5.74, 6) is 0. The topological polar surface area (TPSA) is 55.6 Å². The van der Waals surface area contributed by atoms with Crippen LogP contribution >= 0.6 is 0 Å². The lowest BCUT2D eigenvalue weighted by Gasteiger charge is -2.31. The number of alkyl halides is 6. The number of hydrogen-bond donors (Lipinski definition) is 1. The van der Waals surface area contributed by atoms with Crippen molar-refractivity contribution >= 4 is 6.09 Å². The average molecular weight is 294 g/mol. The molecule has 112 valence electrons. The lowest BCUT2D eigenvalue weighted by atomic mass is 10.1. The van der Waals surface area contributed by atoms with Gasteiger partial charge >= 0.3 is 18.4 Å². The molecule has 1 fully saturated rings. The molecule has 0 spiro atoms. The van der Waals surface area contributed by atoms with Crippen molar-refractivity contribution in [2.45, 2.75) is 37.3 Å². The minimum atomic E-state index is -5.69. The van der Waals surface area contributed by atoms with Gasteiger partial charge in [-0.1, -0.05) is 0 Å². The van der Waals surface area contributed by atoms with Crippen LogP contribution in [0.15, 0.2) is 0 Å². The molecular formula is C9H12F6N2O2. The highest BCUT2D eigenvalue weighted by molar-refractivity contribution is 5.68. The van der Waals surface area contributed by atoms with Gasteiger partial charge in [-0.25, -0.2) is 4.79 Å². The molecule has 0 aliphatic carbocycles. The van der Waals surface area contributed by atoms with Crippen molar-refractivity contribution in [1.82, 2.24) is 4.90 Å². The van der Waals surface area contributed by atoms with Gasteiger partial charge in [-0.05, 0) is 12.8 Å². The van der Waals surface area contributed by atoms with E-state index in [-0.39, 0.29) is 19.1 Å². The van der Waals surface area contributed by atoms with Crippen LogP contribution in [0.5, 0.6) is 0 Å². The first-order valence-corrected chi connectivity index (χ1v) is 5.36. The number of carbonyl (C=O) groups is 1. The number of piperidine rings is 1. The van der Waals surface area contributed by atoms with Gasteiger partial charge in [0.2, 0.25) is 0 Å². The smallest absolute Gasteiger partial charge is 0.426 e. The molecule has 1 aliphatic rings. The second kappa shape index (κ2) is 5.43. The van der Waals surface area contributed by atoms with E-state index in [2.05, 4.69) is 4.74 Å². The Morgan fingerprint density at radius 2 is 1.53 bits per heavy atom. The van der Waals surface area contributed by atoms with Crippen molar-refractivity contribution < 1.29 is 35.9 Å². The zero-order valence-electron chi connectivity index (χ0n) is 9.59. The highest BCUT2D eigenvalue weighted by Gasteiger charge is 2.60. The highest BCUT2D eigenvalue weighted by atomic mass is 19.4. The molecule has 2 N–H and O–H groups in total. The number of nitrogens with two attached hydrogens (primary N) is 1. The second-order valence-electron chi connectivity index (χ2n) is 4.17. The quantitative estimate of drug-likeness (QED) is 0.753. The van der Waals surface area contributed by atoms with Crippen LogP contribution in [0.4, 0.5) is 31.1 Å². The SMILES string of the molecule is NC1CCN(C(=O)OC(C(F)(F)F)C(F)(F)F)CC1. The Hall–Kier alpha value is -1.19. The van der Waals surface area contributed by atoms with Crippen molar-refractivity contribution in [2.24, 2.45) is 5.73 Å². The van der Waals surface area contributed by atoms with Crippen LogP contribution in [0.25, 0.3) is 0 Å². The summed E-state index contributed by atoms with van der Waals surface area (Å²) in [6.07, 6.45) is -16.5. The molecule has 0 radical (unpaired) electrons. The molecule has 0 aromatic rings. The maximum absolute atomic E-state index is 12.2. The van der Waals surface area contributed by atoms with Gasteiger partial charge in [0.15, 0.2) is 0 Å². The Kier molecular flexibility index (Phi) is 4.54. The summed E-state index contributed by atoms with van der Waals surface area (Å²) in [7, 11) is 0. The summed E-state index contributed by atoms with van der Waals surface area (Å²) < 4.78 is 76.6. The number of carbonyl (C=O) groups excluding carboxylic acids is 1. The van der Waals surface area contributed by atoms with Crippen LogP contribution in [0.3, 0.4) is 0 Å². The predicted octanol–water partition coefficient (Wildman–Crippen LogP) is 2.04. The van der Waals surface area contributed by atoms with Crippen molar-refractivity contribution in [3.63, 3.8) is 0 Å². The summed E-state index contributed by atoms with van der Waals surface area (Å²) in [5.41, 5.74) is 5.50. The molecule has 1 amide bonds. The van der Waals surface area contributed by atoms with E-state index < -0.39 is 24.5 Å².